The number of para-hydroxylation sites is 1. The second-order valence-electron chi connectivity index (χ2n) is 7.41. The van der Waals surface area contributed by atoms with Crippen LogP contribution in [-0.4, -0.2) is 32.2 Å². The summed E-state index contributed by atoms with van der Waals surface area (Å²) in [5.41, 5.74) is 2.66. The van der Waals surface area contributed by atoms with Crippen molar-refractivity contribution in [3.63, 3.8) is 0 Å². The maximum atomic E-state index is 12.8. The number of nitrogens with one attached hydrogen (secondary N) is 1. The first-order valence-corrected chi connectivity index (χ1v) is 12.0. The molecule has 1 aromatic carbocycles. The molecule has 4 aromatic rings. The van der Waals surface area contributed by atoms with Crippen molar-refractivity contribution in [2.45, 2.75) is 31.3 Å². The summed E-state index contributed by atoms with van der Waals surface area (Å²) in [6.45, 7) is 1.56. The molecule has 0 fully saturated rings. The summed E-state index contributed by atoms with van der Waals surface area (Å²) in [5.74, 6) is 1.12. The number of aryl methyl sites for hydroxylation is 1. The first-order valence-electron chi connectivity index (χ1n) is 10.2. The van der Waals surface area contributed by atoms with Crippen LogP contribution in [0.4, 0.5) is 5.00 Å². The Bertz CT molecular complexity index is 1280. The van der Waals surface area contributed by atoms with Crippen LogP contribution in [0.2, 0.25) is 0 Å². The van der Waals surface area contributed by atoms with E-state index < -0.39 is 0 Å². The Morgan fingerprint density at radius 3 is 2.75 bits per heavy atom. The molecule has 1 amide bonds. The van der Waals surface area contributed by atoms with Crippen molar-refractivity contribution in [1.29, 1.82) is 0 Å². The molecule has 0 bridgehead atoms. The van der Waals surface area contributed by atoms with Crippen LogP contribution >= 0.6 is 23.1 Å². The van der Waals surface area contributed by atoms with Gasteiger partial charge in [-0.3, -0.25) is 14.2 Å². The van der Waals surface area contributed by atoms with Crippen LogP contribution < -0.4 is 5.32 Å². The summed E-state index contributed by atoms with van der Waals surface area (Å²) < 4.78 is 7.39. The Morgan fingerprint density at radius 2 is 2.00 bits per heavy atom. The molecule has 0 saturated carbocycles. The van der Waals surface area contributed by atoms with Gasteiger partial charge in [0.2, 0.25) is 11.7 Å². The number of thioether (sulfide) groups is 1. The summed E-state index contributed by atoms with van der Waals surface area (Å²) in [4.78, 5) is 26.2. The molecule has 0 atom stereocenters. The van der Waals surface area contributed by atoms with E-state index in [9.17, 15) is 9.59 Å². The molecular weight excluding hydrogens is 444 g/mol. The van der Waals surface area contributed by atoms with Crippen molar-refractivity contribution in [2.24, 2.45) is 0 Å². The molecule has 32 heavy (non-hydrogen) atoms. The number of amides is 1. The average molecular weight is 465 g/mol. The molecule has 3 heterocycles. The highest BCUT2D eigenvalue weighted by atomic mass is 32.2. The summed E-state index contributed by atoms with van der Waals surface area (Å²) in [6.07, 6.45) is 4.53. The summed E-state index contributed by atoms with van der Waals surface area (Å²) in [5, 5.41) is 12.8. The Balaban J connectivity index is 1.37. The minimum atomic E-state index is -0.181. The number of thiophene rings is 1. The van der Waals surface area contributed by atoms with Crippen LogP contribution in [0, 0.1) is 0 Å². The van der Waals surface area contributed by atoms with Crippen LogP contribution in [0.5, 0.6) is 0 Å². The smallest absolute Gasteiger partial charge is 0.235 e. The fourth-order valence-corrected chi connectivity index (χ4v) is 6.00. The molecule has 9 heteroatoms. The summed E-state index contributed by atoms with van der Waals surface area (Å²) >= 11 is 2.81. The Labute approximate surface area is 192 Å². The van der Waals surface area contributed by atoms with Crippen molar-refractivity contribution in [1.82, 2.24) is 14.8 Å². The number of carbonyl (C=O) groups excluding carboxylic acids is 2. The highest BCUT2D eigenvalue weighted by Crippen LogP contribution is 2.39. The molecule has 0 radical (unpaired) electrons. The van der Waals surface area contributed by atoms with Gasteiger partial charge in [-0.2, -0.15) is 0 Å². The molecule has 3 aromatic heterocycles. The van der Waals surface area contributed by atoms with E-state index in [1.807, 2.05) is 41.0 Å². The quantitative estimate of drug-likeness (QED) is 0.305. The van der Waals surface area contributed by atoms with Gasteiger partial charge >= 0.3 is 0 Å². The van der Waals surface area contributed by atoms with E-state index in [0.29, 0.717) is 27.3 Å². The average Bonchev–Trinajstić information content (AvgIpc) is 3.55. The predicted molar refractivity (Wildman–Crippen MR) is 125 cm³/mol. The van der Waals surface area contributed by atoms with Crippen LogP contribution in [0.1, 0.15) is 34.1 Å². The predicted octanol–water partition coefficient (Wildman–Crippen LogP) is 5.01. The van der Waals surface area contributed by atoms with E-state index in [1.165, 1.54) is 28.0 Å². The molecular formula is C23H20N4O3S2. The lowest BCUT2D eigenvalue weighted by atomic mass is 10.1. The van der Waals surface area contributed by atoms with E-state index in [1.54, 1.807) is 19.3 Å². The van der Waals surface area contributed by atoms with Gasteiger partial charge in [-0.05, 0) is 56.0 Å². The minimum Gasteiger partial charge on any atom is -0.461 e. The molecule has 5 rings (SSSR count). The van der Waals surface area contributed by atoms with Gasteiger partial charge in [0.1, 0.15) is 5.00 Å². The Morgan fingerprint density at radius 1 is 1.16 bits per heavy atom. The van der Waals surface area contributed by atoms with Gasteiger partial charge in [-0.15, -0.1) is 21.5 Å². The third kappa shape index (κ3) is 3.89. The number of furan rings is 1. The third-order valence-electron chi connectivity index (χ3n) is 5.25. The first-order chi connectivity index (χ1) is 15.6. The standard InChI is InChI=1S/C23H20N4O3S2/c1-14(28)20-16-9-5-11-18(16)32-22(20)24-19(29)13-31-23-26-25-21(17-10-6-12-30-17)27(23)15-7-3-2-4-8-15/h2-4,6-8,10,12H,5,9,11,13H2,1H3,(H,24,29). The zero-order valence-corrected chi connectivity index (χ0v) is 19.0. The van der Waals surface area contributed by atoms with Gasteiger partial charge in [-0.25, -0.2) is 0 Å². The van der Waals surface area contributed by atoms with E-state index >= 15 is 0 Å². The molecule has 1 N–H and O–H groups in total. The number of nitrogens with zero attached hydrogens (tertiary/aromatic N) is 3. The monoisotopic (exact) mass is 464 g/mol. The Kier molecular flexibility index (Phi) is 5.67. The molecule has 0 unspecified atom stereocenters. The van der Waals surface area contributed by atoms with Crippen LogP contribution in [-0.2, 0) is 17.6 Å². The highest BCUT2D eigenvalue weighted by Gasteiger charge is 2.26. The zero-order valence-electron chi connectivity index (χ0n) is 17.3. The first kappa shape index (κ1) is 20.7. The van der Waals surface area contributed by atoms with E-state index in [4.69, 9.17) is 4.42 Å². The van der Waals surface area contributed by atoms with Crippen LogP contribution in [0.3, 0.4) is 0 Å². The molecule has 0 saturated heterocycles. The molecule has 1 aliphatic carbocycles. The number of Topliss-reactive ketones (excluding diaryl/α,β-unsaturated/α-hetero) is 1. The van der Waals surface area contributed by atoms with E-state index in [0.717, 1.165) is 30.5 Å². The lowest BCUT2D eigenvalue weighted by Gasteiger charge is -2.09. The van der Waals surface area contributed by atoms with E-state index in [-0.39, 0.29) is 17.4 Å². The molecule has 1 aliphatic rings. The lowest BCUT2D eigenvalue weighted by molar-refractivity contribution is -0.113. The number of ketones is 1. The zero-order chi connectivity index (χ0) is 22.1. The van der Waals surface area contributed by atoms with Crippen molar-refractivity contribution in [2.75, 3.05) is 11.1 Å². The van der Waals surface area contributed by atoms with Crippen LogP contribution in [0.25, 0.3) is 17.3 Å². The van der Waals surface area contributed by atoms with E-state index in [2.05, 4.69) is 15.5 Å². The third-order valence-corrected chi connectivity index (χ3v) is 7.38. The molecule has 0 spiro atoms. The van der Waals surface area contributed by atoms with Crippen LogP contribution in [0.15, 0.2) is 58.3 Å². The summed E-state index contributed by atoms with van der Waals surface area (Å²) in [6, 6.07) is 13.3. The number of carbonyl (C=O) groups is 2. The SMILES string of the molecule is CC(=O)c1c(NC(=O)CSc2nnc(-c3ccco3)n2-c2ccccc2)sc2c1CCC2. The maximum absolute atomic E-state index is 12.8. The maximum Gasteiger partial charge on any atom is 0.235 e. The molecule has 7 nitrogen and oxygen atoms in total. The van der Waals surface area contributed by atoms with Gasteiger partial charge in [0.15, 0.2) is 16.7 Å². The largest absolute Gasteiger partial charge is 0.461 e. The van der Waals surface area contributed by atoms with Gasteiger partial charge in [0, 0.05) is 10.6 Å². The second-order valence-corrected chi connectivity index (χ2v) is 9.46. The molecule has 162 valence electrons. The lowest BCUT2D eigenvalue weighted by Crippen LogP contribution is -2.15. The molecule has 0 aliphatic heterocycles. The highest BCUT2D eigenvalue weighted by molar-refractivity contribution is 7.99. The van der Waals surface area contributed by atoms with Crippen molar-refractivity contribution >= 4 is 39.8 Å². The number of rotatable bonds is 7. The Hall–Kier alpha value is -3.17. The number of fused-ring (bicyclic) bond motifs is 1. The number of hydrogen-bond acceptors (Lipinski definition) is 7. The number of aromatic nitrogens is 3. The van der Waals surface area contributed by atoms with Gasteiger partial charge < -0.3 is 9.73 Å². The summed E-state index contributed by atoms with van der Waals surface area (Å²) in [7, 11) is 0. The number of benzene rings is 1. The van der Waals surface area contributed by atoms with Gasteiger partial charge in [0.25, 0.3) is 0 Å². The minimum absolute atomic E-state index is 0.000682. The topological polar surface area (TPSA) is 90.0 Å². The number of anilines is 1. The second kappa shape index (κ2) is 8.76. The normalized spacial score (nSPS) is 12.7. The van der Waals surface area contributed by atoms with Gasteiger partial charge in [-0.1, -0.05) is 30.0 Å². The van der Waals surface area contributed by atoms with Crippen molar-refractivity contribution in [3.05, 3.63) is 64.7 Å². The fraction of sp³-hybridized carbons (Fsp3) is 0.217. The van der Waals surface area contributed by atoms with Crippen molar-refractivity contribution in [3.8, 4) is 17.3 Å². The number of hydrogen-bond donors (Lipinski definition) is 1. The van der Waals surface area contributed by atoms with Crippen molar-refractivity contribution < 1.29 is 14.0 Å². The fourth-order valence-electron chi connectivity index (χ4n) is 3.90. The van der Waals surface area contributed by atoms with Gasteiger partial charge in [0.05, 0.1) is 17.6 Å².